The SMILES string of the molecule is Cc1ccc(S(=O)(=O)NC2CC2)cc1C(=O)Nc1ccc(N2CCCC2=O)cc1. The molecule has 4 rings (SSSR count). The highest BCUT2D eigenvalue weighted by Crippen LogP contribution is 2.25. The van der Waals surface area contributed by atoms with Gasteiger partial charge in [-0.25, -0.2) is 13.1 Å². The molecule has 7 nitrogen and oxygen atoms in total. The van der Waals surface area contributed by atoms with Crippen LogP contribution in [0.15, 0.2) is 47.4 Å². The standard InChI is InChI=1S/C21H23N3O4S/c1-14-4-11-18(29(27,28)23-16-5-6-16)13-19(14)21(26)22-15-7-9-17(10-8-15)24-12-2-3-20(24)25/h4,7-11,13,16,23H,2-3,5-6,12H2,1H3,(H,22,26). The lowest BCUT2D eigenvalue weighted by molar-refractivity contribution is -0.117. The third kappa shape index (κ3) is 4.33. The van der Waals surface area contributed by atoms with Gasteiger partial charge in [-0.05, 0) is 68.1 Å². The van der Waals surface area contributed by atoms with Crippen molar-refractivity contribution in [1.29, 1.82) is 0 Å². The molecule has 2 aromatic carbocycles. The molecular formula is C21H23N3O4S. The Morgan fingerprint density at radius 3 is 2.45 bits per heavy atom. The summed E-state index contributed by atoms with van der Waals surface area (Å²) < 4.78 is 27.5. The number of sulfonamides is 1. The van der Waals surface area contributed by atoms with Gasteiger partial charge in [-0.15, -0.1) is 0 Å². The largest absolute Gasteiger partial charge is 0.322 e. The van der Waals surface area contributed by atoms with Crippen molar-refractivity contribution in [2.75, 3.05) is 16.8 Å². The van der Waals surface area contributed by atoms with Crippen molar-refractivity contribution in [2.45, 2.75) is 43.5 Å². The first-order chi connectivity index (χ1) is 13.8. The van der Waals surface area contributed by atoms with Gasteiger partial charge in [0.05, 0.1) is 4.90 Å². The topological polar surface area (TPSA) is 95.6 Å². The molecule has 29 heavy (non-hydrogen) atoms. The number of benzene rings is 2. The summed E-state index contributed by atoms with van der Waals surface area (Å²) in [7, 11) is -3.63. The molecule has 8 heteroatoms. The third-order valence-electron chi connectivity index (χ3n) is 5.17. The van der Waals surface area contributed by atoms with Gasteiger partial charge < -0.3 is 10.2 Å². The van der Waals surface area contributed by atoms with Gasteiger partial charge in [0.2, 0.25) is 15.9 Å². The van der Waals surface area contributed by atoms with E-state index in [4.69, 9.17) is 0 Å². The molecule has 0 radical (unpaired) electrons. The van der Waals surface area contributed by atoms with Gasteiger partial charge in [-0.1, -0.05) is 6.07 Å². The van der Waals surface area contributed by atoms with Crippen LogP contribution in [0.4, 0.5) is 11.4 Å². The Kier molecular flexibility index (Phi) is 5.14. The first-order valence-electron chi connectivity index (χ1n) is 9.68. The number of hydrogen-bond donors (Lipinski definition) is 2. The van der Waals surface area contributed by atoms with Crippen LogP contribution in [0, 0.1) is 6.92 Å². The number of amides is 2. The number of nitrogens with zero attached hydrogens (tertiary/aromatic N) is 1. The Morgan fingerprint density at radius 2 is 1.83 bits per heavy atom. The summed E-state index contributed by atoms with van der Waals surface area (Å²) >= 11 is 0. The second-order valence-electron chi connectivity index (χ2n) is 7.52. The second kappa shape index (κ2) is 7.61. The van der Waals surface area contributed by atoms with E-state index in [-0.39, 0.29) is 22.8 Å². The van der Waals surface area contributed by atoms with Crippen molar-refractivity contribution in [3.8, 4) is 0 Å². The van der Waals surface area contributed by atoms with Gasteiger partial charge in [-0.2, -0.15) is 0 Å². The van der Waals surface area contributed by atoms with Crippen LogP contribution < -0.4 is 14.9 Å². The highest BCUT2D eigenvalue weighted by Gasteiger charge is 2.28. The third-order valence-corrected chi connectivity index (χ3v) is 6.69. The molecule has 2 fully saturated rings. The highest BCUT2D eigenvalue weighted by molar-refractivity contribution is 7.89. The zero-order valence-electron chi connectivity index (χ0n) is 16.1. The van der Waals surface area contributed by atoms with Gasteiger partial charge in [0.25, 0.3) is 5.91 Å². The van der Waals surface area contributed by atoms with E-state index in [9.17, 15) is 18.0 Å². The molecule has 2 aliphatic rings. The molecule has 152 valence electrons. The molecule has 1 saturated carbocycles. The van der Waals surface area contributed by atoms with Crippen LogP contribution in [0.1, 0.15) is 41.6 Å². The van der Waals surface area contributed by atoms with Crippen LogP contribution in [-0.2, 0) is 14.8 Å². The highest BCUT2D eigenvalue weighted by atomic mass is 32.2. The summed E-state index contributed by atoms with van der Waals surface area (Å²) in [6.45, 7) is 2.47. The molecule has 1 aliphatic carbocycles. The van der Waals surface area contributed by atoms with E-state index >= 15 is 0 Å². The summed E-state index contributed by atoms with van der Waals surface area (Å²) in [5, 5.41) is 2.80. The van der Waals surface area contributed by atoms with E-state index in [1.165, 1.54) is 12.1 Å². The van der Waals surface area contributed by atoms with Crippen LogP contribution in [0.2, 0.25) is 0 Å². The number of carbonyl (C=O) groups is 2. The molecule has 0 spiro atoms. The average molecular weight is 413 g/mol. The summed E-state index contributed by atoms with van der Waals surface area (Å²) in [5.41, 5.74) is 2.38. The van der Waals surface area contributed by atoms with Crippen LogP contribution in [-0.4, -0.2) is 32.8 Å². The van der Waals surface area contributed by atoms with Crippen molar-refractivity contribution in [3.63, 3.8) is 0 Å². The Balaban J connectivity index is 1.50. The Hall–Kier alpha value is -2.71. The number of hydrogen-bond acceptors (Lipinski definition) is 4. The summed E-state index contributed by atoms with van der Waals surface area (Å²) in [4.78, 5) is 26.4. The molecule has 1 saturated heterocycles. The number of aryl methyl sites for hydroxylation is 1. The lowest BCUT2D eigenvalue weighted by Gasteiger charge is -2.16. The van der Waals surface area contributed by atoms with Gasteiger partial charge >= 0.3 is 0 Å². The van der Waals surface area contributed by atoms with Crippen LogP contribution in [0.5, 0.6) is 0 Å². The fourth-order valence-electron chi connectivity index (χ4n) is 3.35. The van der Waals surface area contributed by atoms with E-state index < -0.39 is 10.0 Å². The lowest BCUT2D eigenvalue weighted by atomic mass is 10.1. The van der Waals surface area contributed by atoms with Crippen molar-refractivity contribution >= 4 is 33.2 Å². The normalized spacial score (nSPS) is 16.9. The fourth-order valence-corrected chi connectivity index (χ4v) is 4.68. The number of carbonyl (C=O) groups excluding carboxylic acids is 2. The van der Waals surface area contributed by atoms with E-state index in [2.05, 4.69) is 10.0 Å². The number of anilines is 2. The maximum Gasteiger partial charge on any atom is 0.255 e. The first-order valence-corrected chi connectivity index (χ1v) is 11.2. The summed E-state index contributed by atoms with van der Waals surface area (Å²) in [5.74, 6) is -0.272. The van der Waals surface area contributed by atoms with Crippen LogP contribution in [0.25, 0.3) is 0 Å². The van der Waals surface area contributed by atoms with E-state index in [1.807, 2.05) is 0 Å². The molecule has 1 aliphatic heterocycles. The maximum absolute atomic E-state index is 12.8. The smallest absolute Gasteiger partial charge is 0.255 e. The second-order valence-corrected chi connectivity index (χ2v) is 9.24. The fraction of sp³-hybridized carbons (Fsp3) is 0.333. The molecule has 1 heterocycles. The van der Waals surface area contributed by atoms with Gasteiger partial charge in [0.1, 0.15) is 0 Å². The summed E-state index contributed by atoms with van der Waals surface area (Å²) in [6.07, 6.45) is 3.10. The Morgan fingerprint density at radius 1 is 1.10 bits per heavy atom. The van der Waals surface area contributed by atoms with Gasteiger partial charge in [0.15, 0.2) is 0 Å². The van der Waals surface area contributed by atoms with Crippen molar-refractivity contribution in [3.05, 3.63) is 53.6 Å². The van der Waals surface area contributed by atoms with Crippen molar-refractivity contribution < 1.29 is 18.0 Å². The first kappa shape index (κ1) is 19.6. The van der Waals surface area contributed by atoms with Crippen molar-refractivity contribution in [1.82, 2.24) is 4.72 Å². The number of nitrogens with one attached hydrogen (secondary N) is 2. The zero-order chi connectivity index (χ0) is 20.6. The molecule has 0 unspecified atom stereocenters. The van der Waals surface area contributed by atoms with Gasteiger partial charge in [-0.3, -0.25) is 9.59 Å². The van der Waals surface area contributed by atoms with E-state index in [0.29, 0.717) is 29.8 Å². The predicted octanol–water partition coefficient (Wildman–Crippen LogP) is 2.81. The Labute approximate surface area is 170 Å². The minimum atomic E-state index is -3.63. The maximum atomic E-state index is 12.8. The van der Waals surface area contributed by atoms with E-state index in [0.717, 1.165) is 24.9 Å². The molecule has 0 bridgehead atoms. The van der Waals surface area contributed by atoms with Gasteiger partial charge in [0, 0.05) is 35.9 Å². The predicted molar refractivity (Wildman–Crippen MR) is 111 cm³/mol. The molecule has 0 aromatic heterocycles. The number of rotatable bonds is 6. The minimum Gasteiger partial charge on any atom is -0.322 e. The molecular weight excluding hydrogens is 390 g/mol. The molecule has 2 aromatic rings. The molecule has 2 N–H and O–H groups in total. The van der Waals surface area contributed by atoms with Crippen LogP contribution in [0.3, 0.4) is 0 Å². The monoisotopic (exact) mass is 413 g/mol. The summed E-state index contributed by atoms with van der Waals surface area (Å²) in [6, 6.07) is 11.6. The van der Waals surface area contributed by atoms with Crippen LogP contribution >= 0.6 is 0 Å². The molecule has 2 amide bonds. The Bertz CT molecular complexity index is 1060. The average Bonchev–Trinajstić information content (AvgIpc) is 3.39. The lowest BCUT2D eigenvalue weighted by Crippen LogP contribution is -2.26. The van der Waals surface area contributed by atoms with Crippen molar-refractivity contribution in [2.24, 2.45) is 0 Å². The molecule has 0 atom stereocenters. The van der Waals surface area contributed by atoms with E-state index in [1.54, 1.807) is 42.2 Å². The quantitative estimate of drug-likeness (QED) is 0.761. The zero-order valence-corrected chi connectivity index (χ0v) is 17.0. The minimum absolute atomic E-state index is 0.000386.